The van der Waals surface area contributed by atoms with E-state index in [1.807, 2.05) is 32.2 Å². The highest BCUT2D eigenvalue weighted by molar-refractivity contribution is 6.02. The van der Waals surface area contributed by atoms with Crippen LogP contribution in [0, 0.1) is 19.7 Å². The topological polar surface area (TPSA) is 46.4 Å². The quantitative estimate of drug-likeness (QED) is 0.807. The van der Waals surface area contributed by atoms with Crippen LogP contribution in [-0.4, -0.2) is 15.5 Å². The molecule has 0 saturated heterocycles. The van der Waals surface area contributed by atoms with E-state index in [4.69, 9.17) is 0 Å². The van der Waals surface area contributed by atoms with Crippen molar-refractivity contribution in [3.05, 3.63) is 70.8 Å². The SMILES string of the molecule is Cc1ccn2nc(C)c(C(=O)NCc3ccc(F)cc3)c2c1. The van der Waals surface area contributed by atoms with Crippen molar-refractivity contribution >= 4 is 11.4 Å². The van der Waals surface area contributed by atoms with Crippen LogP contribution in [0.2, 0.25) is 0 Å². The number of halogens is 1. The molecule has 2 heterocycles. The van der Waals surface area contributed by atoms with E-state index in [0.717, 1.165) is 16.6 Å². The van der Waals surface area contributed by atoms with Crippen molar-refractivity contribution in [2.45, 2.75) is 20.4 Å². The highest BCUT2D eigenvalue weighted by Crippen LogP contribution is 2.16. The summed E-state index contributed by atoms with van der Waals surface area (Å²) < 4.78 is 14.6. The molecule has 0 atom stereocenters. The Bertz CT molecular complexity index is 837. The Morgan fingerprint density at radius 1 is 1.23 bits per heavy atom. The zero-order chi connectivity index (χ0) is 15.7. The Balaban J connectivity index is 1.84. The molecule has 22 heavy (non-hydrogen) atoms. The van der Waals surface area contributed by atoms with Crippen LogP contribution in [0.15, 0.2) is 42.6 Å². The standard InChI is InChI=1S/C17H16FN3O/c1-11-7-8-21-15(9-11)16(12(2)20-21)17(22)19-10-13-3-5-14(18)6-4-13/h3-9H,10H2,1-2H3,(H,19,22). The number of fused-ring (bicyclic) bond motifs is 1. The van der Waals surface area contributed by atoms with E-state index in [0.29, 0.717) is 17.8 Å². The predicted molar refractivity (Wildman–Crippen MR) is 82.2 cm³/mol. The summed E-state index contributed by atoms with van der Waals surface area (Å²) in [6.45, 7) is 4.14. The fourth-order valence-corrected chi connectivity index (χ4v) is 2.42. The molecule has 0 bridgehead atoms. The van der Waals surface area contributed by atoms with Gasteiger partial charge in [0.25, 0.3) is 5.91 Å². The maximum atomic E-state index is 12.9. The molecule has 0 fully saturated rings. The van der Waals surface area contributed by atoms with Crippen molar-refractivity contribution in [3.63, 3.8) is 0 Å². The van der Waals surface area contributed by atoms with Gasteiger partial charge in [-0.1, -0.05) is 12.1 Å². The smallest absolute Gasteiger partial charge is 0.255 e. The molecule has 0 spiro atoms. The third-order valence-electron chi connectivity index (χ3n) is 3.56. The number of carbonyl (C=O) groups excluding carboxylic acids is 1. The summed E-state index contributed by atoms with van der Waals surface area (Å²) in [7, 11) is 0. The molecule has 3 aromatic rings. The summed E-state index contributed by atoms with van der Waals surface area (Å²) in [5.41, 5.74) is 3.96. The maximum absolute atomic E-state index is 12.9. The minimum atomic E-state index is -0.288. The fraction of sp³-hybridized carbons (Fsp3) is 0.176. The third kappa shape index (κ3) is 2.70. The number of aryl methyl sites for hydroxylation is 2. The van der Waals surface area contributed by atoms with Crippen molar-refractivity contribution in [1.82, 2.24) is 14.9 Å². The van der Waals surface area contributed by atoms with Crippen LogP contribution in [0.3, 0.4) is 0 Å². The predicted octanol–water partition coefficient (Wildman–Crippen LogP) is 3.02. The van der Waals surface area contributed by atoms with Gasteiger partial charge in [0.1, 0.15) is 5.82 Å². The van der Waals surface area contributed by atoms with Gasteiger partial charge in [0, 0.05) is 12.7 Å². The molecule has 1 aromatic carbocycles. The van der Waals surface area contributed by atoms with Crippen LogP contribution < -0.4 is 5.32 Å². The molecule has 4 nitrogen and oxygen atoms in total. The third-order valence-corrected chi connectivity index (χ3v) is 3.56. The van der Waals surface area contributed by atoms with E-state index < -0.39 is 0 Å². The van der Waals surface area contributed by atoms with Crippen molar-refractivity contribution in [2.75, 3.05) is 0 Å². The van der Waals surface area contributed by atoms with Crippen molar-refractivity contribution < 1.29 is 9.18 Å². The van der Waals surface area contributed by atoms with Gasteiger partial charge in [-0.3, -0.25) is 4.79 Å². The number of benzene rings is 1. The molecule has 1 amide bonds. The molecule has 0 aliphatic carbocycles. The Morgan fingerprint density at radius 2 is 1.95 bits per heavy atom. The Labute approximate surface area is 127 Å². The second kappa shape index (κ2) is 5.60. The van der Waals surface area contributed by atoms with Crippen molar-refractivity contribution in [2.24, 2.45) is 0 Å². The molecule has 0 aliphatic rings. The van der Waals surface area contributed by atoms with E-state index in [9.17, 15) is 9.18 Å². The molecule has 5 heteroatoms. The van der Waals surface area contributed by atoms with Crippen LogP contribution in [0.1, 0.15) is 27.2 Å². The first-order valence-corrected chi connectivity index (χ1v) is 7.03. The van der Waals surface area contributed by atoms with Gasteiger partial charge in [-0.25, -0.2) is 8.91 Å². The summed E-state index contributed by atoms with van der Waals surface area (Å²) in [5.74, 6) is -0.466. The van der Waals surface area contributed by atoms with E-state index in [1.165, 1.54) is 12.1 Å². The molecule has 0 saturated carbocycles. The molecule has 2 aromatic heterocycles. The lowest BCUT2D eigenvalue weighted by molar-refractivity contribution is 0.0952. The number of aromatic nitrogens is 2. The van der Waals surface area contributed by atoms with Gasteiger partial charge in [-0.05, 0) is 49.2 Å². The van der Waals surface area contributed by atoms with Crippen molar-refractivity contribution in [3.8, 4) is 0 Å². The highest BCUT2D eigenvalue weighted by atomic mass is 19.1. The second-order valence-electron chi connectivity index (χ2n) is 5.30. The number of hydrogen-bond donors (Lipinski definition) is 1. The molecule has 0 radical (unpaired) electrons. The molecule has 1 N–H and O–H groups in total. The zero-order valence-corrected chi connectivity index (χ0v) is 12.4. The minimum absolute atomic E-state index is 0.178. The molecule has 0 aliphatic heterocycles. The van der Waals surface area contributed by atoms with E-state index in [1.54, 1.807) is 16.6 Å². The Morgan fingerprint density at radius 3 is 2.68 bits per heavy atom. The number of carbonyl (C=O) groups is 1. The van der Waals surface area contributed by atoms with Gasteiger partial charge in [-0.2, -0.15) is 5.10 Å². The first kappa shape index (κ1) is 14.3. The van der Waals surface area contributed by atoms with Crippen LogP contribution in [0.4, 0.5) is 4.39 Å². The van der Waals surface area contributed by atoms with Crippen LogP contribution in [-0.2, 0) is 6.54 Å². The highest BCUT2D eigenvalue weighted by Gasteiger charge is 2.16. The van der Waals surface area contributed by atoms with E-state index in [-0.39, 0.29) is 11.7 Å². The van der Waals surface area contributed by atoms with Gasteiger partial charge in [0.15, 0.2) is 0 Å². The van der Waals surface area contributed by atoms with Gasteiger partial charge >= 0.3 is 0 Å². The molecule has 3 rings (SSSR count). The Hall–Kier alpha value is -2.69. The van der Waals surface area contributed by atoms with Crippen LogP contribution in [0.5, 0.6) is 0 Å². The summed E-state index contributed by atoms with van der Waals surface area (Å²) in [6.07, 6.45) is 1.84. The van der Waals surface area contributed by atoms with Crippen LogP contribution >= 0.6 is 0 Å². The summed E-state index contributed by atoms with van der Waals surface area (Å²) in [4.78, 5) is 12.5. The lowest BCUT2D eigenvalue weighted by Crippen LogP contribution is -2.23. The average molecular weight is 297 g/mol. The van der Waals surface area contributed by atoms with Gasteiger partial charge < -0.3 is 5.32 Å². The summed E-state index contributed by atoms with van der Waals surface area (Å²) in [5, 5.41) is 7.21. The lowest BCUT2D eigenvalue weighted by atomic mass is 10.1. The summed E-state index contributed by atoms with van der Waals surface area (Å²) >= 11 is 0. The second-order valence-corrected chi connectivity index (χ2v) is 5.30. The van der Waals surface area contributed by atoms with Crippen LogP contribution in [0.25, 0.3) is 5.52 Å². The fourth-order valence-electron chi connectivity index (χ4n) is 2.42. The largest absolute Gasteiger partial charge is 0.348 e. The van der Waals surface area contributed by atoms with Crippen molar-refractivity contribution in [1.29, 1.82) is 0 Å². The number of hydrogen-bond acceptors (Lipinski definition) is 2. The Kier molecular flexibility index (Phi) is 3.63. The van der Waals surface area contributed by atoms with E-state index >= 15 is 0 Å². The van der Waals surface area contributed by atoms with E-state index in [2.05, 4.69) is 10.4 Å². The number of nitrogens with zero attached hydrogens (tertiary/aromatic N) is 2. The van der Waals surface area contributed by atoms with Gasteiger partial charge in [-0.15, -0.1) is 0 Å². The molecular weight excluding hydrogens is 281 g/mol. The number of rotatable bonds is 3. The first-order valence-electron chi connectivity index (χ1n) is 7.03. The number of pyridine rings is 1. The molecule has 0 unspecified atom stereocenters. The number of amides is 1. The summed E-state index contributed by atoms with van der Waals surface area (Å²) in [6, 6.07) is 9.95. The maximum Gasteiger partial charge on any atom is 0.255 e. The molecule has 112 valence electrons. The average Bonchev–Trinajstić information content (AvgIpc) is 2.81. The molecular formula is C17H16FN3O. The van der Waals surface area contributed by atoms with Gasteiger partial charge in [0.2, 0.25) is 0 Å². The lowest BCUT2D eigenvalue weighted by Gasteiger charge is -2.05. The minimum Gasteiger partial charge on any atom is -0.348 e. The number of nitrogens with one attached hydrogen (secondary N) is 1. The monoisotopic (exact) mass is 297 g/mol. The van der Waals surface area contributed by atoms with Gasteiger partial charge in [0.05, 0.1) is 16.8 Å². The first-order chi connectivity index (χ1) is 10.5. The zero-order valence-electron chi connectivity index (χ0n) is 12.4. The normalized spacial score (nSPS) is 10.9.